The highest BCUT2D eigenvalue weighted by Gasteiger charge is 2.17. The molecule has 2 rings (SSSR count). The van der Waals surface area contributed by atoms with Crippen molar-refractivity contribution in [3.8, 4) is 5.75 Å². The SMILES string of the molecule is O=S(=O)(CCN1CCCC1)Oc1ccccc1. The number of hydrogen-bond acceptors (Lipinski definition) is 4. The zero-order chi connectivity index (χ0) is 12.1. The second-order valence-corrected chi connectivity index (χ2v) is 5.90. The summed E-state index contributed by atoms with van der Waals surface area (Å²) in [5, 5.41) is 0. The summed E-state index contributed by atoms with van der Waals surface area (Å²) in [6, 6.07) is 8.63. The van der Waals surface area contributed by atoms with E-state index in [1.807, 2.05) is 6.07 Å². The molecule has 1 fully saturated rings. The summed E-state index contributed by atoms with van der Waals surface area (Å²) in [7, 11) is -3.46. The molecule has 1 aromatic rings. The molecule has 0 aliphatic carbocycles. The molecular formula is C12H17NO3S. The Morgan fingerprint density at radius 2 is 1.76 bits per heavy atom. The Bertz CT molecular complexity index is 438. The first-order valence-corrected chi connectivity index (χ1v) is 7.43. The van der Waals surface area contributed by atoms with Crippen molar-refractivity contribution in [3.63, 3.8) is 0 Å². The van der Waals surface area contributed by atoms with Crippen molar-refractivity contribution in [1.82, 2.24) is 4.90 Å². The standard InChI is InChI=1S/C12H17NO3S/c14-17(15,11-10-13-8-4-5-9-13)16-12-6-2-1-3-7-12/h1-3,6-7H,4-5,8-11H2. The molecule has 4 nitrogen and oxygen atoms in total. The Balaban J connectivity index is 1.86. The van der Waals surface area contributed by atoms with Gasteiger partial charge in [0.15, 0.2) is 0 Å². The second-order valence-electron chi connectivity index (χ2n) is 4.21. The highest BCUT2D eigenvalue weighted by atomic mass is 32.2. The highest BCUT2D eigenvalue weighted by Crippen LogP contribution is 2.13. The molecule has 0 N–H and O–H groups in total. The molecule has 1 aliphatic rings. The summed E-state index contributed by atoms with van der Waals surface area (Å²) in [4.78, 5) is 2.16. The van der Waals surface area contributed by atoms with E-state index in [1.165, 1.54) is 12.8 Å². The van der Waals surface area contributed by atoms with Gasteiger partial charge in [0.1, 0.15) is 5.75 Å². The summed E-state index contributed by atoms with van der Waals surface area (Å²) in [6.07, 6.45) is 2.33. The van der Waals surface area contributed by atoms with Crippen LogP contribution in [0.5, 0.6) is 5.75 Å². The first-order chi connectivity index (χ1) is 8.16. The average molecular weight is 255 g/mol. The minimum absolute atomic E-state index is 0.0574. The van der Waals surface area contributed by atoms with Crippen molar-refractivity contribution in [2.24, 2.45) is 0 Å². The van der Waals surface area contributed by atoms with Crippen LogP contribution in [0.15, 0.2) is 30.3 Å². The van der Waals surface area contributed by atoms with Crippen molar-refractivity contribution >= 4 is 10.1 Å². The zero-order valence-corrected chi connectivity index (χ0v) is 10.5. The number of hydrogen-bond donors (Lipinski definition) is 0. The summed E-state index contributed by atoms with van der Waals surface area (Å²) in [5.74, 6) is 0.441. The third-order valence-corrected chi connectivity index (χ3v) is 3.95. The van der Waals surface area contributed by atoms with Crippen molar-refractivity contribution in [2.45, 2.75) is 12.8 Å². The fourth-order valence-corrected chi connectivity index (χ4v) is 2.88. The molecule has 1 heterocycles. The molecule has 0 unspecified atom stereocenters. The highest BCUT2D eigenvalue weighted by molar-refractivity contribution is 7.87. The van der Waals surface area contributed by atoms with Crippen LogP contribution in [0.2, 0.25) is 0 Å². The van der Waals surface area contributed by atoms with E-state index in [1.54, 1.807) is 24.3 Å². The van der Waals surface area contributed by atoms with Crippen molar-refractivity contribution < 1.29 is 12.6 Å². The van der Waals surface area contributed by atoms with E-state index < -0.39 is 10.1 Å². The molecule has 94 valence electrons. The molecule has 1 saturated heterocycles. The van der Waals surface area contributed by atoms with Gasteiger partial charge in [-0.1, -0.05) is 18.2 Å². The number of rotatable bonds is 5. The van der Waals surface area contributed by atoms with E-state index >= 15 is 0 Å². The van der Waals surface area contributed by atoms with E-state index in [9.17, 15) is 8.42 Å². The molecular weight excluding hydrogens is 238 g/mol. The Labute approximate surface area is 102 Å². The Morgan fingerprint density at radius 1 is 1.12 bits per heavy atom. The van der Waals surface area contributed by atoms with E-state index in [4.69, 9.17) is 4.18 Å². The minimum Gasteiger partial charge on any atom is -0.382 e. The molecule has 0 bridgehead atoms. The van der Waals surface area contributed by atoms with Gasteiger partial charge in [0.25, 0.3) is 0 Å². The number of nitrogens with zero attached hydrogens (tertiary/aromatic N) is 1. The van der Waals surface area contributed by atoms with Gasteiger partial charge in [0.2, 0.25) is 0 Å². The van der Waals surface area contributed by atoms with Gasteiger partial charge in [0, 0.05) is 6.54 Å². The third kappa shape index (κ3) is 4.02. The smallest absolute Gasteiger partial charge is 0.310 e. The van der Waals surface area contributed by atoms with E-state index in [0.29, 0.717) is 12.3 Å². The molecule has 0 atom stereocenters. The fraction of sp³-hybridized carbons (Fsp3) is 0.500. The van der Waals surface area contributed by atoms with Crippen molar-refractivity contribution in [1.29, 1.82) is 0 Å². The van der Waals surface area contributed by atoms with Crippen LogP contribution in [-0.4, -0.2) is 38.7 Å². The molecule has 0 radical (unpaired) electrons. The van der Waals surface area contributed by atoms with Crippen LogP contribution in [0.1, 0.15) is 12.8 Å². The minimum atomic E-state index is -3.46. The molecule has 1 aliphatic heterocycles. The van der Waals surface area contributed by atoms with Gasteiger partial charge in [-0.15, -0.1) is 0 Å². The first-order valence-electron chi connectivity index (χ1n) is 5.85. The topological polar surface area (TPSA) is 46.6 Å². The summed E-state index contributed by atoms with van der Waals surface area (Å²) < 4.78 is 28.4. The maximum atomic E-state index is 11.7. The number of para-hydroxylation sites is 1. The summed E-state index contributed by atoms with van der Waals surface area (Å²) >= 11 is 0. The fourth-order valence-electron chi connectivity index (χ4n) is 1.91. The van der Waals surface area contributed by atoms with Gasteiger partial charge in [-0.25, -0.2) is 0 Å². The van der Waals surface area contributed by atoms with Crippen LogP contribution >= 0.6 is 0 Å². The van der Waals surface area contributed by atoms with Gasteiger partial charge < -0.3 is 9.08 Å². The lowest BCUT2D eigenvalue weighted by Gasteiger charge is -2.14. The van der Waals surface area contributed by atoms with Crippen LogP contribution in [-0.2, 0) is 10.1 Å². The van der Waals surface area contributed by atoms with Gasteiger partial charge in [0.05, 0.1) is 5.75 Å². The predicted molar refractivity (Wildman–Crippen MR) is 66.5 cm³/mol. The number of benzene rings is 1. The van der Waals surface area contributed by atoms with Crippen molar-refractivity contribution in [3.05, 3.63) is 30.3 Å². The Morgan fingerprint density at radius 3 is 2.41 bits per heavy atom. The molecule has 0 amide bonds. The lowest BCUT2D eigenvalue weighted by Crippen LogP contribution is -2.28. The van der Waals surface area contributed by atoms with Crippen LogP contribution in [0, 0.1) is 0 Å². The van der Waals surface area contributed by atoms with Gasteiger partial charge >= 0.3 is 10.1 Å². The molecule has 0 spiro atoms. The molecule has 0 aromatic heterocycles. The van der Waals surface area contributed by atoms with Gasteiger partial charge in [-0.2, -0.15) is 8.42 Å². The molecule has 0 saturated carbocycles. The Hall–Kier alpha value is -1.07. The monoisotopic (exact) mass is 255 g/mol. The second kappa shape index (κ2) is 5.51. The van der Waals surface area contributed by atoms with Crippen LogP contribution in [0.3, 0.4) is 0 Å². The lowest BCUT2D eigenvalue weighted by atomic mass is 10.3. The molecule has 1 aromatic carbocycles. The molecule has 5 heteroatoms. The van der Waals surface area contributed by atoms with E-state index in [-0.39, 0.29) is 5.75 Å². The maximum absolute atomic E-state index is 11.7. The zero-order valence-electron chi connectivity index (χ0n) is 9.71. The third-order valence-electron chi connectivity index (χ3n) is 2.82. The lowest BCUT2D eigenvalue weighted by molar-refractivity contribution is 0.354. The average Bonchev–Trinajstić information content (AvgIpc) is 2.80. The van der Waals surface area contributed by atoms with Crippen molar-refractivity contribution in [2.75, 3.05) is 25.4 Å². The normalized spacial score (nSPS) is 17.2. The quantitative estimate of drug-likeness (QED) is 0.748. The van der Waals surface area contributed by atoms with E-state index in [2.05, 4.69) is 4.90 Å². The van der Waals surface area contributed by atoms with Gasteiger partial charge in [-0.3, -0.25) is 0 Å². The van der Waals surface area contributed by atoms with Crippen LogP contribution in [0.4, 0.5) is 0 Å². The summed E-state index contributed by atoms with van der Waals surface area (Å²) in [5.41, 5.74) is 0. The van der Waals surface area contributed by atoms with Crippen LogP contribution < -0.4 is 4.18 Å². The Kier molecular flexibility index (Phi) is 4.02. The van der Waals surface area contributed by atoms with E-state index in [0.717, 1.165) is 13.1 Å². The predicted octanol–water partition coefficient (Wildman–Crippen LogP) is 1.49. The first kappa shape index (κ1) is 12.4. The summed E-state index contributed by atoms with van der Waals surface area (Å²) in [6.45, 7) is 2.57. The van der Waals surface area contributed by atoms with Crippen LogP contribution in [0.25, 0.3) is 0 Å². The number of likely N-dealkylation sites (tertiary alicyclic amines) is 1. The van der Waals surface area contributed by atoms with Gasteiger partial charge in [-0.05, 0) is 38.1 Å². The maximum Gasteiger partial charge on any atom is 0.310 e. The molecule has 17 heavy (non-hydrogen) atoms. The largest absolute Gasteiger partial charge is 0.382 e.